The van der Waals surface area contributed by atoms with Crippen molar-refractivity contribution < 1.29 is 17.9 Å². The number of anilines is 1. The molecule has 1 aliphatic heterocycles. The van der Waals surface area contributed by atoms with Gasteiger partial charge in [-0.1, -0.05) is 29.8 Å². The summed E-state index contributed by atoms with van der Waals surface area (Å²) >= 11 is 0. The van der Waals surface area contributed by atoms with E-state index in [-0.39, 0.29) is 17.3 Å². The third kappa shape index (κ3) is 3.39. The fourth-order valence-corrected chi connectivity index (χ4v) is 4.59. The number of carbonyl (C=O) groups excluding carboxylic acids is 1. The first-order valence-electron chi connectivity index (χ1n) is 8.29. The lowest BCUT2D eigenvalue weighted by Gasteiger charge is -2.20. The molecule has 0 spiro atoms. The lowest BCUT2D eigenvalue weighted by atomic mass is 10.0. The summed E-state index contributed by atoms with van der Waals surface area (Å²) in [6.07, 6.45) is 0.755. The molecule has 3 rings (SSSR count). The van der Waals surface area contributed by atoms with Crippen LogP contribution in [0.4, 0.5) is 5.69 Å². The Labute approximate surface area is 148 Å². The number of hydrogen-bond acceptors (Lipinski definition) is 4. The maximum atomic E-state index is 13.0. The summed E-state index contributed by atoms with van der Waals surface area (Å²) in [5, 5.41) is 0. The molecule has 25 heavy (non-hydrogen) atoms. The number of rotatable bonds is 5. The van der Waals surface area contributed by atoms with Gasteiger partial charge < -0.3 is 4.74 Å². The molecule has 0 bridgehead atoms. The van der Waals surface area contributed by atoms with Crippen LogP contribution in [-0.4, -0.2) is 27.5 Å². The third-order valence-corrected chi connectivity index (χ3v) is 6.16. The summed E-state index contributed by atoms with van der Waals surface area (Å²) in [6.45, 7) is 4.40. The van der Waals surface area contributed by atoms with Crippen LogP contribution in [0.2, 0.25) is 0 Å². The standard InChI is InChI=1S/C19H21NO4S/c1-3-24-19(21)13-15-5-4-6-18-17(15)11-12-20(18)25(22,23)16-9-7-14(2)8-10-16/h4-10H,3,11-13H2,1-2H3. The highest BCUT2D eigenvalue weighted by Crippen LogP contribution is 2.35. The third-order valence-electron chi connectivity index (χ3n) is 4.33. The van der Waals surface area contributed by atoms with Crippen LogP contribution in [0.5, 0.6) is 0 Å². The van der Waals surface area contributed by atoms with Crippen LogP contribution in [0.1, 0.15) is 23.6 Å². The summed E-state index contributed by atoms with van der Waals surface area (Å²) in [6, 6.07) is 12.3. The zero-order valence-electron chi connectivity index (χ0n) is 14.4. The molecule has 0 saturated carbocycles. The van der Waals surface area contributed by atoms with E-state index in [1.165, 1.54) is 4.31 Å². The molecule has 0 amide bonds. The molecule has 0 aromatic heterocycles. The molecule has 2 aromatic rings. The first-order valence-corrected chi connectivity index (χ1v) is 9.73. The molecule has 5 nitrogen and oxygen atoms in total. The SMILES string of the molecule is CCOC(=O)Cc1cccc2c1CCN2S(=O)(=O)c1ccc(C)cc1. The Morgan fingerprint density at radius 1 is 1.16 bits per heavy atom. The summed E-state index contributed by atoms with van der Waals surface area (Å²) in [5.41, 5.74) is 3.41. The van der Waals surface area contributed by atoms with Crippen molar-refractivity contribution in [1.29, 1.82) is 0 Å². The summed E-state index contributed by atoms with van der Waals surface area (Å²) in [7, 11) is -3.61. The average Bonchev–Trinajstić information content (AvgIpc) is 3.01. The van der Waals surface area contributed by atoms with E-state index in [9.17, 15) is 13.2 Å². The van der Waals surface area contributed by atoms with Crippen LogP contribution in [0, 0.1) is 6.92 Å². The van der Waals surface area contributed by atoms with E-state index in [2.05, 4.69) is 0 Å². The Kier molecular flexibility index (Phi) is 4.81. The van der Waals surface area contributed by atoms with Crippen molar-refractivity contribution in [3.8, 4) is 0 Å². The van der Waals surface area contributed by atoms with E-state index < -0.39 is 10.0 Å². The maximum Gasteiger partial charge on any atom is 0.310 e. The van der Waals surface area contributed by atoms with Crippen molar-refractivity contribution in [2.45, 2.75) is 31.6 Å². The molecule has 0 atom stereocenters. The summed E-state index contributed by atoms with van der Waals surface area (Å²) < 4.78 is 32.4. The Morgan fingerprint density at radius 3 is 2.56 bits per heavy atom. The fourth-order valence-electron chi connectivity index (χ4n) is 3.10. The Balaban J connectivity index is 1.94. The Bertz CT molecular complexity index is 888. The van der Waals surface area contributed by atoms with Crippen LogP contribution in [0.25, 0.3) is 0 Å². The number of hydrogen-bond donors (Lipinski definition) is 0. The minimum Gasteiger partial charge on any atom is -0.466 e. The van der Waals surface area contributed by atoms with E-state index in [0.29, 0.717) is 25.3 Å². The highest BCUT2D eigenvalue weighted by molar-refractivity contribution is 7.92. The molecular weight excluding hydrogens is 338 g/mol. The maximum absolute atomic E-state index is 13.0. The van der Waals surface area contributed by atoms with Gasteiger partial charge in [0.05, 0.1) is 23.6 Å². The molecule has 6 heteroatoms. The monoisotopic (exact) mass is 359 g/mol. The van der Waals surface area contributed by atoms with E-state index >= 15 is 0 Å². The van der Waals surface area contributed by atoms with Gasteiger partial charge in [-0.2, -0.15) is 0 Å². The number of benzene rings is 2. The molecule has 132 valence electrons. The van der Waals surface area contributed by atoms with Gasteiger partial charge in [0, 0.05) is 6.54 Å². The minimum atomic E-state index is -3.61. The number of sulfonamides is 1. The molecule has 2 aromatic carbocycles. The minimum absolute atomic E-state index is 0.162. The lowest BCUT2D eigenvalue weighted by molar-refractivity contribution is -0.142. The van der Waals surface area contributed by atoms with E-state index in [4.69, 9.17) is 4.74 Å². The second-order valence-electron chi connectivity index (χ2n) is 6.04. The lowest BCUT2D eigenvalue weighted by Crippen LogP contribution is -2.29. The molecule has 0 saturated heterocycles. The first kappa shape index (κ1) is 17.5. The van der Waals surface area contributed by atoms with Crippen molar-refractivity contribution >= 4 is 21.7 Å². The van der Waals surface area contributed by atoms with E-state index in [1.54, 1.807) is 43.3 Å². The molecule has 0 aliphatic carbocycles. The predicted octanol–water partition coefficient (Wildman–Crippen LogP) is 2.85. The number of ether oxygens (including phenoxy) is 1. The molecular formula is C19H21NO4S. The molecule has 0 unspecified atom stereocenters. The van der Waals surface area contributed by atoms with Gasteiger partial charge in [0.2, 0.25) is 0 Å². The molecule has 1 heterocycles. The van der Waals surface area contributed by atoms with Crippen molar-refractivity contribution in [2.75, 3.05) is 17.5 Å². The van der Waals surface area contributed by atoms with Crippen LogP contribution in [0.15, 0.2) is 47.4 Å². The van der Waals surface area contributed by atoms with Crippen molar-refractivity contribution in [3.05, 3.63) is 59.2 Å². The second-order valence-corrected chi connectivity index (χ2v) is 7.90. The smallest absolute Gasteiger partial charge is 0.310 e. The average molecular weight is 359 g/mol. The Morgan fingerprint density at radius 2 is 1.88 bits per heavy atom. The topological polar surface area (TPSA) is 63.7 Å². The van der Waals surface area contributed by atoms with Crippen LogP contribution < -0.4 is 4.31 Å². The number of fused-ring (bicyclic) bond motifs is 1. The van der Waals surface area contributed by atoms with E-state index in [0.717, 1.165) is 16.7 Å². The second kappa shape index (κ2) is 6.88. The van der Waals surface area contributed by atoms with Gasteiger partial charge in [0.15, 0.2) is 0 Å². The highest BCUT2D eigenvalue weighted by atomic mass is 32.2. The van der Waals surface area contributed by atoms with Crippen LogP contribution >= 0.6 is 0 Å². The predicted molar refractivity (Wildman–Crippen MR) is 96.2 cm³/mol. The van der Waals surface area contributed by atoms with Crippen molar-refractivity contribution in [1.82, 2.24) is 0 Å². The first-order chi connectivity index (χ1) is 11.9. The van der Waals surface area contributed by atoms with Gasteiger partial charge in [-0.15, -0.1) is 0 Å². The number of nitrogens with zero attached hydrogens (tertiary/aromatic N) is 1. The van der Waals surface area contributed by atoms with Gasteiger partial charge in [0.25, 0.3) is 10.0 Å². The Hall–Kier alpha value is -2.34. The van der Waals surface area contributed by atoms with E-state index in [1.807, 2.05) is 13.0 Å². The molecule has 0 N–H and O–H groups in total. The summed E-state index contributed by atoms with van der Waals surface area (Å²) in [4.78, 5) is 12.1. The summed E-state index contributed by atoms with van der Waals surface area (Å²) in [5.74, 6) is -0.296. The number of esters is 1. The molecule has 0 radical (unpaired) electrons. The van der Waals surface area contributed by atoms with Crippen LogP contribution in [-0.2, 0) is 32.4 Å². The zero-order chi connectivity index (χ0) is 18.0. The van der Waals surface area contributed by atoms with Crippen molar-refractivity contribution in [3.63, 3.8) is 0 Å². The number of aryl methyl sites for hydroxylation is 1. The fraction of sp³-hybridized carbons (Fsp3) is 0.316. The molecule has 1 aliphatic rings. The highest BCUT2D eigenvalue weighted by Gasteiger charge is 2.32. The molecule has 0 fully saturated rings. The quantitative estimate of drug-likeness (QED) is 0.770. The van der Waals surface area contributed by atoms with Gasteiger partial charge in [-0.3, -0.25) is 9.10 Å². The van der Waals surface area contributed by atoms with Gasteiger partial charge >= 0.3 is 5.97 Å². The van der Waals surface area contributed by atoms with Crippen molar-refractivity contribution in [2.24, 2.45) is 0 Å². The largest absolute Gasteiger partial charge is 0.466 e. The normalized spacial score (nSPS) is 13.6. The zero-order valence-corrected chi connectivity index (χ0v) is 15.2. The van der Waals surface area contributed by atoms with Gasteiger partial charge in [-0.25, -0.2) is 8.42 Å². The van der Waals surface area contributed by atoms with Gasteiger partial charge in [0.1, 0.15) is 0 Å². The number of carbonyl (C=O) groups is 1. The van der Waals surface area contributed by atoms with Gasteiger partial charge in [-0.05, 0) is 49.6 Å². The van der Waals surface area contributed by atoms with Crippen LogP contribution in [0.3, 0.4) is 0 Å².